The van der Waals surface area contributed by atoms with Crippen LogP contribution in [-0.4, -0.2) is 18.7 Å². The average molecular weight is 249 g/mol. The van der Waals surface area contributed by atoms with Crippen molar-refractivity contribution in [3.05, 3.63) is 29.8 Å². The summed E-state index contributed by atoms with van der Waals surface area (Å²) in [6.45, 7) is 11.9. The summed E-state index contributed by atoms with van der Waals surface area (Å²) in [5, 5.41) is 3.40. The van der Waals surface area contributed by atoms with E-state index in [0.29, 0.717) is 12.0 Å². The van der Waals surface area contributed by atoms with Crippen LogP contribution < -0.4 is 10.1 Å². The molecule has 0 saturated heterocycles. The second-order valence-electron chi connectivity index (χ2n) is 5.02. The van der Waals surface area contributed by atoms with Gasteiger partial charge in [-0.05, 0) is 44.4 Å². The highest BCUT2D eigenvalue weighted by Crippen LogP contribution is 2.29. The van der Waals surface area contributed by atoms with Gasteiger partial charge in [0.05, 0.1) is 0 Å². The first-order chi connectivity index (χ1) is 8.60. The molecule has 0 amide bonds. The zero-order valence-electron chi connectivity index (χ0n) is 12.4. The van der Waals surface area contributed by atoms with Crippen LogP contribution in [0.2, 0.25) is 0 Å². The molecule has 0 aliphatic rings. The van der Waals surface area contributed by atoms with E-state index in [1.807, 2.05) is 6.07 Å². The summed E-state index contributed by atoms with van der Waals surface area (Å²) < 4.78 is 6.12. The predicted octanol–water partition coefficient (Wildman–Crippen LogP) is 3.97. The number of likely N-dealkylation sites (N-methyl/N-ethyl adjacent to an activating group) is 1. The largest absolute Gasteiger partial charge is 0.489 e. The van der Waals surface area contributed by atoms with Gasteiger partial charge in [0.1, 0.15) is 11.9 Å². The molecule has 0 heterocycles. The number of hydrogen-bond acceptors (Lipinski definition) is 2. The highest BCUT2D eigenvalue weighted by atomic mass is 16.5. The Morgan fingerprint density at radius 1 is 1.11 bits per heavy atom. The van der Waals surface area contributed by atoms with Gasteiger partial charge >= 0.3 is 0 Å². The number of para-hydroxylation sites is 1. The minimum absolute atomic E-state index is 0.176. The molecule has 0 spiro atoms. The first-order valence-electron chi connectivity index (χ1n) is 7.09. The summed E-state index contributed by atoms with van der Waals surface area (Å²) in [6, 6.07) is 8.75. The lowest BCUT2D eigenvalue weighted by molar-refractivity contribution is 0.177. The van der Waals surface area contributed by atoms with Gasteiger partial charge in [-0.1, -0.05) is 39.0 Å². The van der Waals surface area contributed by atoms with Gasteiger partial charge in [-0.2, -0.15) is 0 Å². The third-order valence-corrected chi connectivity index (χ3v) is 3.61. The van der Waals surface area contributed by atoms with E-state index >= 15 is 0 Å². The van der Waals surface area contributed by atoms with Crippen molar-refractivity contribution in [2.75, 3.05) is 6.54 Å². The zero-order chi connectivity index (χ0) is 13.5. The van der Waals surface area contributed by atoms with Crippen LogP contribution in [0.3, 0.4) is 0 Å². The van der Waals surface area contributed by atoms with Gasteiger partial charge in [-0.15, -0.1) is 0 Å². The Kier molecular flexibility index (Phi) is 6.20. The molecule has 1 N–H and O–H groups in total. The Morgan fingerprint density at radius 2 is 1.78 bits per heavy atom. The van der Waals surface area contributed by atoms with E-state index in [9.17, 15) is 0 Å². The number of rotatable bonds is 7. The lowest BCUT2D eigenvalue weighted by Gasteiger charge is -2.24. The predicted molar refractivity (Wildman–Crippen MR) is 78.4 cm³/mol. The monoisotopic (exact) mass is 249 g/mol. The topological polar surface area (TPSA) is 21.3 Å². The van der Waals surface area contributed by atoms with E-state index < -0.39 is 0 Å². The van der Waals surface area contributed by atoms with E-state index in [4.69, 9.17) is 4.74 Å². The van der Waals surface area contributed by atoms with Gasteiger partial charge < -0.3 is 10.1 Å². The molecule has 0 bridgehead atoms. The van der Waals surface area contributed by atoms with Gasteiger partial charge in [0.25, 0.3) is 0 Å². The van der Waals surface area contributed by atoms with E-state index in [-0.39, 0.29) is 6.10 Å². The summed E-state index contributed by atoms with van der Waals surface area (Å²) in [7, 11) is 0. The number of hydrogen-bond donors (Lipinski definition) is 1. The van der Waals surface area contributed by atoms with Crippen LogP contribution in [0.15, 0.2) is 24.3 Å². The van der Waals surface area contributed by atoms with E-state index in [2.05, 4.69) is 58.1 Å². The first kappa shape index (κ1) is 15.0. The molecule has 3 unspecified atom stereocenters. The fourth-order valence-corrected chi connectivity index (χ4v) is 2.01. The zero-order valence-corrected chi connectivity index (χ0v) is 12.4. The Balaban J connectivity index is 2.77. The Bertz CT molecular complexity index is 351. The maximum absolute atomic E-state index is 6.12. The van der Waals surface area contributed by atoms with Crippen LogP contribution in [0.4, 0.5) is 0 Å². The maximum atomic E-state index is 6.12. The van der Waals surface area contributed by atoms with Crippen LogP contribution in [-0.2, 0) is 0 Å². The van der Waals surface area contributed by atoms with Gasteiger partial charge in [-0.3, -0.25) is 0 Å². The highest BCUT2D eigenvalue weighted by molar-refractivity contribution is 5.36. The number of nitrogens with one attached hydrogen (secondary N) is 1. The molecule has 3 atom stereocenters. The van der Waals surface area contributed by atoms with Crippen molar-refractivity contribution in [3.8, 4) is 5.75 Å². The third kappa shape index (κ3) is 4.02. The fourth-order valence-electron chi connectivity index (χ4n) is 2.01. The molecule has 0 radical (unpaired) electrons. The van der Waals surface area contributed by atoms with Crippen LogP contribution in [0.25, 0.3) is 0 Å². The molecule has 1 aromatic rings. The number of benzene rings is 1. The van der Waals surface area contributed by atoms with E-state index in [1.54, 1.807) is 0 Å². The van der Waals surface area contributed by atoms with Gasteiger partial charge in [0, 0.05) is 6.04 Å². The highest BCUT2D eigenvalue weighted by Gasteiger charge is 2.16. The molecule has 102 valence electrons. The lowest BCUT2D eigenvalue weighted by Crippen LogP contribution is -2.38. The fraction of sp³-hybridized carbons (Fsp3) is 0.625. The SMILES string of the molecule is CCNC(C)C(C)Oc1ccccc1C(C)CC. The molecular formula is C16H27NO. The Hall–Kier alpha value is -1.02. The lowest BCUT2D eigenvalue weighted by atomic mass is 9.98. The first-order valence-corrected chi connectivity index (χ1v) is 7.09. The van der Waals surface area contributed by atoms with Crippen LogP contribution in [0.1, 0.15) is 52.5 Å². The average Bonchev–Trinajstić information content (AvgIpc) is 2.38. The standard InChI is InChI=1S/C16H27NO/c1-6-12(3)15-10-8-9-11-16(15)18-14(5)13(4)17-7-2/h8-14,17H,6-7H2,1-5H3. The number of ether oxygens (including phenoxy) is 1. The van der Waals surface area contributed by atoms with Crippen molar-refractivity contribution in [1.82, 2.24) is 5.32 Å². The quantitative estimate of drug-likeness (QED) is 0.789. The van der Waals surface area contributed by atoms with Crippen molar-refractivity contribution in [2.45, 2.75) is 59.1 Å². The van der Waals surface area contributed by atoms with Crippen molar-refractivity contribution < 1.29 is 4.74 Å². The molecule has 1 aromatic carbocycles. The molecule has 18 heavy (non-hydrogen) atoms. The normalized spacial score (nSPS) is 16.1. The maximum Gasteiger partial charge on any atom is 0.123 e. The molecule has 2 nitrogen and oxygen atoms in total. The smallest absolute Gasteiger partial charge is 0.123 e. The molecule has 2 heteroatoms. The summed E-state index contributed by atoms with van der Waals surface area (Å²) in [5.74, 6) is 1.58. The van der Waals surface area contributed by atoms with Crippen molar-refractivity contribution in [2.24, 2.45) is 0 Å². The summed E-state index contributed by atoms with van der Waals surface area (Å²) in [6.07, 6.45) is 1.31. The molecular weight excluding hydrogens is 222 g/mol. The second-order valence-corrected chi connectivity index (χ2v) is 5.02. The molecule has 0 aliphatic heterocycles. The summed E-state index contributed by atoms with van der Waals surface area (Å²) in [5.41, 5.74) is 1.32. The summed E-state index contributed by atoms with van der Waals surface area (Å²) >= 11 is 0. The van der Waals surface area contributed by atoms with Crippen molar-refractivity contribution in [3.63, 3.8) is 0 Å². The molecule has 0 saturated carbocycles. The second kappa shape index (κ2) is 7.42. The molecule has 0 fully saturated rings. The van der Waals surface area contributed by atoms with E-state index in [1.165, 1.54) is 5.56 Å². The molecule has 0 aromatic heterocycles. The third-order valence-electron chi connectivity index (χ3n) is 3.61. The van der Waals surface area contributed by atoms with Crippen LogP contribution in [0.5, 0.6) is 5.75 Å². The van der Waals surface area contributed by atoms with Crippen molar-refractivity contribution in [1.29, 1.82) is 0 Å². The van der Waals surface area contributed by atoms with Crippen LogP contribution >= 0.6 is 0 Å². The summed E-state index contributed by atoms with van der Waals surface area (Å²) in [4.78, 5) is 0. The molecule has 1 rings (SSSR count). The minimum atomic E-state index is 0.176. The van der Waals surface area contributed by atoms with E-state index in [0.717, 1.165) is 18.7 Å². The van der Waals surface area contributed by atoms with Crippen molar-refractivity contribution >= 4 is 0 Å². The Morgan fingerprint density at radius 3 is 2.39 bits per heavy atom. The molecule has 0 aliphatic carbocycles. The van der Waals surface area contributed by atoms with Gasteiger partial charge in [0.2, 0.25) is 0 Å². The Labute approximate surface area is 112 Å². The van der Waals surface area contributed by atoms with Gasteiger partial charge in [0.15, 0.2) is 0 Å². The van der Waals surface area contributed by atoms with Gasteiger partial charge in [-0.25, -0.2) is 0 Å². The minimum Gasteiger partial charge on any atom is -0.489 e. The van der Waals surface area contributed by atoms with Crippen LogP contribution in [0, 0.1) is 0 Å².